The van der Waals surface area contributed by atoms with Crippen LogP contribution in [0.5, 0.6) is 5.75 Å². The molecule has 0 aliphatic rings. The SMILES string of the molecule is CC(C)CC(C)CC(CC(C)C)OP(=O)([O-])[O-].Cc1ccc(C(C)C)c(O)c1.[Na+].[Na+]. The summed E-state index contributed by atoms with van der Waals surface area (Å²) in [6.07, 6.45) is 1.78. The second kappa shape index (κ2) is 17.6. The van der Waals surface area contributed by atoms with Crippen molar-refractivity contribution in [2.45, 2.75) is 86.7 Å². The summed E-state index contributed by atoms with van der Waals surface area (Å²) in [5, 5.41) is 9.46. The zero-order valence-corrected chi connectivity index (χ0v) is 25.7. The number of phenolic OH excluding ortho intramolecular Hbond substituents is 1. The number of phosphoric acid groups is 1. The average Bonchev–Trinajstić information content (AvgIpc) is 2.43. The molecule has 0 aliphatic carbocycles. The normalized spacial score (nSPS) is 13.2. The topological polar surface area (TPSA) is 92.7 Å². The molecule has 164 valence electrons. The molecule has 8 heteroatoms. The Bertz CT molecular complexity index is 618. The largest absolute Gasteiger partial charge is 1.00 e. The van der Waals surface area contributed by atoms with Crippen LogP contribution < -0.4 is 68.9 Å². The predicted octanol–water partition coefficient (Wildman–Crippen LogP) is -0.849. The van der Waals surface area contributed by atoms with E-state index in [1.54, 1.807) is 6.07 Å². The molecule has 30 heavy (non-hydrogen) atoms. The van der Waals surface area contributed by atoms with Gasteiger partial charge in [-0.15, -0.1) is 0 Å². The summed E-state index contributed by atoms with van der Waals surface area (Å²) >= 11 is 0. The van der Waals surface area contributed by atoms with Crippen molar-refractivity contribution in [1.82, 2.24) is 0 Å². The van der Waals surface area contributed by atoms with Gasteiger partial charge < -0.3 is 24.0 Å². The van der Waals surface area contributed by atoms with Crippen molar-refractivity contribution in [2.24, 2.45) is 17.8 Å². The van der Waals surface area contributed by atoms with Crippen molar-refractivity contribution in [1.29, 1.82) is 0 Å². The fourth-order valence-electron chi connectivity index (χ4n) is 3.38. The van der Waals surface area contributed by atoms with Crippen molar-refractivity contribution in [3.63, 3.8) is 0 Å². The molecular weight excluding hydrogens is 421 g/mol. The first kappa shape index (κ1) is 35.7. The Kier molecular flexibility index (Phi) is 20.9. The molecule has 0 aliphatic heterocycles. The van der Waals surface area contributed by atoms with E-state index in [-0.39, 0.29) is 59.1 Å². The molecule has 0 radical (unpaired) electrons. The molecule has 0 saturated carbocycles. The minimum atomic E-state index is -4.87. The summed E-state index contributed by atoms with van der Waals surface area (Å²) in [5.74, 6) is 2.06. The van der Waals surface area contributed by atoms with Gasteiger partial charge in [0.15, 0.2) is 0 Å². The van der Waals surface area contributed by atoms with Gasteiger partial charge in [-0.25, -0.2) is 0 Å². The third-order valence-corrected chi connectivity index (χ3v) is 4.92. The number of phenols is 1. The van der Waals surface area contributed by atoms with Gasteiger partial charge in [-0.3, -0.25) is 0 Å². The minimum absolute atomic E-state index is 0. The molecule has 1 rings (SSSR count). The fourth-order valence-corrected chi connectivity index (χ4v) is 3.92. The number of hydrogen-bond acceptors (Lipinski definition) is 5. The van der Waals surface area contributed by atoms with Crippen LogP contribution in [-0.2, 0) is 9.09 Å². The van der Waals surface area contributed by atoms with Gasteiger partial charge in [0.1, 0.15) is 5.75 Å². The Morgan fingerprint density at radius 2 is 1.43 bits per heavy atom. The average molecular weight is 461 g/mol. The van der Waals surface area contributed by atoms with Gasteiger partial charge in [0.2, 0.25) is 0 Å². The van der Waals surface area contributed by atoms with Crippen LogP contribution in [0.1, 0.15) is 84.8 Å². The molecule has 0 spiro atoms. The summed E-state index contributed by atoms with van der Waals surface area (Å²) < 4.78 is 15.3. The number of phosphoric ester groups is 1. The molecule has 0 fully saturated rings. The Hall–Kier alpha value is 1.13. The maximum absolute atomic E-state index is 10.7. The van der Waals surface area contributed by atoms with Gasteiger partial charge >= 0.3 is 59.1 Å². The number of rotatable bonds is 9. The molecule has 1 aromatic rings. The zero-order chi connectivity index (χ0) is 22.1. The molecule has 0 aromatic heterocycles. The summed E-state index contributed by atoms with van der Waals surface area (Å²) in [6, 6.07) is 5.81. The van der Waals surface area contributed by atoms with Crippen LogP contribution in [0.2, 0.25) is 0 Å². The maximum atomic E-state index is 10.7. The molecule has 5 nitrogen and oxygen atoms in total. The van der Waals surface area contributed by atoms with Crippen LogP contribution in [0.15, 0.2) is 18.2 Å². The maximum Gasteiger partial charge on any atom is 1.00 e. The van der Waals surface area contributed by atoms with Gasteiger partial charge in [0.25, 0.3) is 0 Å². The number of aromatic hydroxyl groups is 1. The van der Waals surface area contributed by atoms with E-state index in [0.29, 0.717) is 42.3 Å². The number of benzene rings is 1. The van der Waals surface area contributed by atoms with Gasteiger partial charge in [-0.05, 0) is 67.1 Å². The van der Waals surface area contributed by atoms with E-state index in [0.717, 1.165) is 17.5 Å². The van der Waals surface area contributed by atoms with Crippen molar-refractivity contribution < 1.29 is 83.1 Å². The van der Waals surface area contributed by atoms with Crippen LogP contribution in [-0.4, -0.2) is 11.2 Å². The quantitative estimate of drug-likeness (QED) is 0.383. The fraction of sp³-hybridized carbons (Fsp3) is 0.727. The third kappa shape index (κ3) is 18.7. The minimum Gasteiger partial charge on any atom is -0.790 e. The third-order valence-electron chi connectivity index (χ3n) is 4.36. The second-order valence-electron chi connectivity index (χ2n) is 8.99. The summed E-state index contributed by atoms with van der Waals surface area (Å²) in [7, 11) is -4.87. The molecular formula is C22H39Na2O5P. The first-order valence-corrected chi connectivity index (χ1v) is 11.7. The standard InChI is InChI=1S/C12H27O4P.C10H14O.2Na/c1-9(2)6-11(5)8-12(7-10(3)4)16-17(13,14)15;1-7(2)9-5-4-8(3)6-10(9)11;;/h9-12H,6-8H2,1-5H3,(H2,13,14,15);4-7,11H,1-3H3;;/q;;2*+1/p-2. The van der Waals surface area contributed by atoms with E-state index in [1.165, 1.54) is 0 Å². The van der Waals surface area contributed by atoms with Gasteiger partial charge in [0.05, 0.1) is 13.9 Å². The Balaban J connectivity index is -0.000000489. The summed E-state index contributed by atoms with van der Waals surface area (Å²) in [6.45, 7) is 16.4. The first-order valence-electron chi connectivity index (χ1n) is 10.2. The van der Waals surface area contributed by atoms with Crippen molar-refractivity contribution in [3.8, 4) is 5.75 Å². The number of aryl methyl sites for hydroxylation is 1. The zero-order valence-electron chi connectivity index (χ0n) is 20.8. The molecule has 0 heterocycles. The molecule has 2 atom stereocenters. The van der Waals surface area contributed by atoms with Crippen molar-refractivity contribution in [3.05, 3.63) is 29.3 Å². The van der Waals surface area contributed by atoms with E-state index >= 15 is 0 Å². The van der Waals surface area contributed by atoms with E-state index in [2.05, 4.69) is 39.1 Å². The van der Waals surface area contributed by atoms with E-state index in [9.17, 15) is 19.5 Å². The molecule has 1 N–H and O–H groups in total. The predicted molar refractivity (Wildman–Crippen MR) is 112 cm³/mol. The molecule has 0 bridgehead atoms. The van der Waals surface area contributed by atoms with Crippen LogP contribution in [0, 0.1) is 24.7 Å². The Labute approximate surface area is 228 Å². The summed E-state index contributed by atoms with van der Waals surface area (Å²) in [5.41, 5.74) is 2.13. The Morgan fingerprint density at radius 3 is 1.80 bits per heavy atom. The van der Waals surface area contributed by atoms with Crippen molar-refractivity contribution >= 4 is 7.82 Å². The first-order chi connectivity index (χ1) is 12.7. The van der Waals surface area contributed by atoms with Gasteiger partial charge in [-0.2, -0.15) is 0 Å². The molecule has 2 unspecified atom stereocenters. The van der Waals surface area contributed by atoms with Crippen LogP contribution >= 0.6 is 7.82 Å². The molecule has 1 aromatic carbocycles. The monoisotopic (exact) mass is 460 g/mol. The van der Waals surface area contributed by atoms with Gasteiger partial charge in [-0.1, -0.05) is 60.6 Å². The van der Waals surface area contributed by atoms with E-state index < -0.39 is 13.9 Å². The van der Waals surface area contributed by atoms with Crippen LogP contribution in [0.3, 0.4) is 0 Å². The molecule has 0 saturated heterocycles. The number of hydrogen-bond donors (Lipinski definition) is 1. The Morgan fingerprint density at radius 1 is 0.933 bits per heavy atom. The van der Waals surface area contributed by atoms with Crippen LogP contribution in [0.4, 0.5) is 0 Å². The van der Waals surface area contributed by atoms with E-state index in [4.69, 9.17) is 0 Å². The molecule has 0 amide bonds. The summed E-state index contributed by atoms with van der Waals surface area (Å²) in [4.78, 5) is 21.4. The smallest absolute Gasteiger partial charge is 0.790 e. The van der Waals surface area contributed by atoms with Crippen molar-refractivity contribution in [2.75, 3.05) is 0 Å². The second-order valence-corrected chi connectivity index (χ2v) is 10.1. The van der Waals surface area contributed by atoms with Gasteiger partial charge in [0, 0.05) is 0 Å². The van der Waals surface area contributed by atoms with Crippen LogP contribution in [0.25, 0.3) is 0 Å². The van der Waals surface area contributed by atoms with E-state index in [1.807, 2.05) is 32.9 Å².